The number of aromatic hydroxyl groups is 1. The Morgan fingerprint density at radius 3 is 2.65 bits per heavy atom. The van der Waals surface area contributed by atoms with Gasteiger partial charge < -0.3 is 15.1 Å². The molecule has 0 spiro atoms. The number of hydrogen-bond donors (Lipinski definition) is 2. The fraction of sp³-hybridized carbons (Fsp3) is 0.143. The first-order valence-electron chi connectivity index (χ1n) is 9.26. The molecule has 3 heterocycles. The molecule has 0 aliphatic rings. The van der Waals surface area contributed by atoms with Gasteiger partial charge in [0.15, 0.2) is 5.75 Å². The molecule has 4 aromatic rings. The zero-order valence-electron chi connectivity index (χ0n) is 16.4. The summed E-state index contributed by atoms with van der Waals surface area (Å²) in [5.74, 6) is -2.32. The molecule has 1 amide bonds. The number of fused-ring (bicyclic) bond motifs is 1. The lowest BCUT2D eigenvalue weighted by molar-refractivity contribution is -0.119. The summed E-state index contributed by atoms with van der Waals surface area (Å²) in [5.41, 5.74) is 0.623. The number of amides is 1. The number of aromatic carboxylic acids is 1. The van der Waals surface area contributed by atoms with Crippen molar-refractivity contribution in [1.82, 2.24) is 14.3 Å². The zero-order valence-corrected chi connectivity index (χ0v) is 17.2. The summed E-state index contributed by atoms with van der Waals surface area (Å²) in [4.78, 5) is 38.2. The molecule has 0 atom stereocenters. The third kappa shape index (κ3) is 3.80. The number of para-hydroxylation sites is 1. The van der Waals surface area contributed by atoms with Gasteiger partial charge >= 0.3 is 5.97 Å². The number of carboxylic acid groups (broad SMARTS) is 1. The van der Waals surface area contributed by atoms with Crippen LogP contribution in [0.4, 0.5) is 5.69 Å². The minimum absolute atomic E-state index is 0.0113. The predicted molar refractivity (Wildman–Crippen MR) is 116 cm³/mol. The van der Waals surface area contributed by atoms with E-state index >= 15 is 0 Å². The Bertz CT molecular complexity index is 1340. The molecule has 1 aromatic carbocycles. The van der Waals surface area contributed by atoms with Crippen molar-refractivity contribution in [2.24, 2.45) is 0 Å². The average molecular weight is 438 g/mol. The van der Waals surface area contributed by atoms with Gasteiger partial charge in [-0.15, -0.1) is 11.3 Å². The Morgan fingerprint density at radius 2 is 1.94 bits per heavy atom. The number of likely N-dealkylation sites (N-methyl/N-ethyl adjacent to an activating group) is 1. The van der Waals surface area contributed by atoms with E-state index in [1.54, 1.807) is 24.7 Å². The van der Waals surface area contributed by atoms with Crippen LogP contribution in [0.3, 0.4) is 0 Å². The van der Waals surface area contributed by atoms with Crippen molar-refractivity contribution in [3.05, 3.63) is 75.7 Å². The molecule has 2 N–H and O–H groups in total. The van der Waals surface area contributed by atoms with Gasteiger partial charge in [0.1, 0.15) is 12.1 Å². The highest BCUT2D eigenvalue weighted by molar-refractivity contribution is 7.17. The van der Waals surface area contributed by atoms with E-state index in [1.807, 2.05) is 30.3 Å². The summed E-state index contributed by atoms with van der Waals surface area (Å²) in [6.07, 6.45) is 3.17. The maximum absolute atomic E-state index is 12.6. The lowest BCUT2D eigenvalue weighted by Gasteiger charge is -2.17. The topological polar surface area (TPSA) is 118 Å². The third-order valence-corrected chi connectivity index (χ3v) is 5.82. The lowest BCUT2D eigenvalue weighted by Crippen LogP contribution is -2.30. The van der Waals surface area contributed by atoms with Crippen LogP contribution in [0.25, 0.3) is 10.2 Å². The molecule has 0 fully saturated rings. The Hall–Kier alpha value is -3.92. The number of carbonyl (C=O) groups excluding carboxylic acids is 1. The van der Waals surface area contributed by atoms with Crippen molar-refractivity contribution in [2.75, 3.05) is 11.9 Å². The number of pyridine rings is 1. The summed E-state index contributed by atoms with van der Waals surface area (Å²) in [5, 5.41) is 25.4. The minimum atomic E-state index is -1.36. The van der Waals surface area contributed by atoms with Crippen LogP contribution < -0.4 is 10.5 Å². The molecule has 0 unspecified atom stereocenters. The van der Waals surface area contributed by atoms with E-state index in [-0.39, 0.29) is 19.0 Å². The van der Waals surface area contributed by atoms with Gasteiger partial charge in [-0.3, -0.25) is 18.8 Å². The number of thiophene rings is 1. The molecular formula is C21H18N4O5S. The fourth-order valence-corrected chi connectivity index (χ4v) is 4.24. The molecule has 158 valence electrons. The molecular weight excluding hydrogens is 420 g/mol. The van der Waals surface area contributed by atoms with E-state index in [9.17, 15) is 24.6 Å². The first-order chi connectivity index (χ1) is 14.9. The number of carbonyl (C=O) groups is 2. The zero-order chi connectivity index (χ0) is 22.1. The van der Waals surface area contributed by atoms with E-state index in [2.05, 4.69) is 5.10 Å². The second-order valence-electron chi connectivity index (χ2n) is 6.89. The van der Waals surface area contributed by atoms with Crippen molar-refractivity contribution in [1.29, 1.82) is 0 Å². The fourth-order valence-electron chi connectivity index (χ4n) is 3.31. The first kappa shape index (κ1) is 20.4. The van der Waals surface area contributed by atoms with Crippen molar-refractivity contribution in [3.8, 4) is 5.75 Å². The summed E-state index contributed by atoms with van der Waals surface area (Å²) in [7, 11) is 1.68. The Morgan fingerprint density at radius 1 is 1.19 bits per heavy atom. The van der Waals surface area contributed by atoms with Crippen molar-refractivity contribution < 1.29 is 19.8 Å². The van der Waals surface area contributed by atoms with Gasteiger partial charge in [0.05, 0.1) is 23.0 Å². The van der Waals surface area contributed by atoms with Crippen LogP contribution >= 0.6 is 11.3 Å². The maximum Gasteiger partial charge on any atom is 0.341 e. The van der Waals surface area contributed by atoms with Crippen molar-refractivity contribution in [3.63, 3.8) is 0 Å². The van der Waals surface area contributed by atoms with E-state index < -0.39 is 22.8 Å². The van der Waals surface area contributed by atoms with Gasteiger partial charge in [0.25, 0.3) is 5.56 Å². The quantitative estimate of drug-likeness (QED) is 0.477. The maximum atomic E-state index is 12.6. The van der Waals surface area contributed by atoms with Gasteiger partial charge in [-0.2, -0.15) is 5.10 Å². The van der Waals surface area contributed by atoms with E-state index in [4.69, 9.17) is 0 Å². The predicted octanol–water partition coefficient (Wildman–Crippen LogP) is 2.37. The van der Waals surface area contributed by atoms with Gasteiger partial charge in [0, 0.05) is 24.5 Å². The lowest BCUT2D eigenvalue weighted by atomic mass is 10.2. The first-order valence-corrected chi connectivity index (χ1v) is 10.1. The van der Waals surface area contributed by atoms with Crippen molar-refractivity contribution in [2.45, 2.75) is 13.1 Å². The smallest absolute Gasteiger partial charge is 0.341 e. The highest BCUT2D eigenvalue weighted by atomic mass is 32.1. The summed E-state index contributed by atoms with van der Waals surface area (Å²) in [6, 6.07) is 10.9. The van der Waals surface area contributed by atoms with Crippen LogP contribution in [-0.2, 0) is 17.9 Å². The molecule has 4 rings (SSSR count). The van der Waals surface area contributed by atoms with Crippen LogP contribution in [0, 0.1) is 0 Å². The monoisotopic (exact) mass is 438 g/mol. The number of nitrogens with zero attached hydrogens (tertiary/aromatic N) is 4. The Kier molecular flexibility index (Phi) is 5.30. The number of carboxylic acids is 1. The molecule has 9 nitrogen and oxygen atoms in total. The van der Waals surface area contributed by atoms with E-state index in [0.29, 0.717) is 15.8 Å². The van der Waals surface area contributed by atoms with Crippen LogP contribution in [0.1, 0.15) is 15.9 Å². The third-order valence-electron chi connectivity index (χ3n) is 4.90. The van der Waals surface area contributed by atoms with Gasteiger partial charge in [0.2, 0.25) is 5.91 Å². The van der Waals surface area contributed by atoms with Crippen molar-refractivity contribution >= 4 is 39.1 Å². The van der Waals surface area contributed by atoms with Gasteiger partial charge in [-0.05, 0) is 23.6 Å². The minimum Gasteiger partial charge on any atom is -0.502 e. The summed E-state index contributed by atoms with van der Waals surface area (Å²) >= 11 is 1.13. The van der Waals surface area contributed by atoms with E-state index in [1.165, 1.54) is 20.3 Å². The van der Waals surface area contributed by atoms with Crippen LogP contribution in [-0.4, -0.2) is 43.5 Å². The highest BCUT2D eigenvalue weighted by Crippen LogP contribution is 2.29. The number of rotatable bonds is 6. The number of benzene rings is 1. The molecule has 0 aliphatic heterocycles. The van der Waals surface area contributed by atoms with Crippen LogP contribution in [0.2, 0.25) is 0 Å². The normalized spacial score (nSPS) is 11.0. The summed E-state index contributed by atoms with van der Waals surface area (Å²) < 4.78 is 3.09. The van der Waals surface area contributed by atoms with E-state index in [0.717, 1.165) is 17.0 Å². The molecule has 0 radical (unpaired) electrons. The number of hydrogen-bond acceptors (Lipinski definition) is 6. The second kappa shape index (κ2) is 8.07. The highest BCUT2D eigenvalue weighted by Gasteiger charge is 2.22. The van der Waals surface area contributed by atoms with Gasteiger partial charge in [-0.25, -0.2) is 4.79 Å². The van der Waals surface area contributed by atoms with Gasteiger partial charge in [-0.1, -0.05) is 18.2 Å². The average Bonchev–Trinajstić information content (AvgIpc) is 3.40. The van der Waals surface area contributed by atoms with Crippen LogP contribution in [0.5, 0.6) is 5.75 Å². The largest absolute Gasteiger partial charge is 0.502 e. The second-order valence-corrected chi connectivity index (χ2v) is 7.81. The Balaban J connectivity index is 1.58. The SMILES string of the molecule is CN(C(=O)Cn1cc(Cn2c(=O)c(O)c(C(=O)O)c3sccc32)cn1)c1ccccc1. The number of anilines is 1. The summed E-state index contributed by atoms with van der Waals surface area (Å²) in [6.45, 7) is 0.0829. The number of aromatic nitrogens is 3. The van der Waals surface area contributed by atoms with Crippen LogP contribution in [0.15, 0.2) is 59.0 Å². The molecule has 0 saturated heterocycles. The molecule has 0 bridgehead atoms. The molecule has 0 aliphatic carbocycles. The standard InChI is InChI=1S/C21H18N4O5S/c1-23(14-5-3-2-4-6-14)16(26)12-24-10-13(9-22-24)11-25-15-7-8-31-19(15)17(21(29)30)18(27)20(25)28/h2-10,27H,11-12H2,1H3,(H,29,30). The molecule has 3 aromatic heterocycles. The Labute approximate surface area is 180 Å². The molecule has 10 heteroatoms. The molecule has 0 saturated carbocycles. The molecule has 31 heavy (non-hydrogen) atoms.